The molecule has 0 N–H and O–H groups in total. The highest BCUT2D eigenvalue weighted by molar-refractivity contribution is 5.84. The van der Waals surface area contributed by atoms with Gasteiger partial charge in [0.25, 0.3) is 0 Å². The minimum Gasteiger partial charge on any atom is -0.489 e. The molecule has 3 aromatic carbocycles. The van der Waals surface area contributed by atoms with Crippen LogP contribution in [0.15, 0.2) is 42.5 Å². The fraction of sp³-hybridized carbons (Fsp3) is 0.333. The lowest BCUT2D eigenvalue weighted by Gasteiger charge is -2.10. The quantitative estimate of drug-likeness (QED) is 0.204. The van der Waals surface area contributed by atoms with E-state index in [4.69, 9.17) is 4.74 Å². The van der Waals surface area contributed by atoms with Gasteiger partial charge in [-0.25, -0.2) is 17.6 Å². The molecular weight excluding hydrogens is 380 g/mol. The van der Waals surface area contributed by atoms with E-state index >= 15 is 0 Å². The number of unbranched alkanes of at least 4 members (excludes halogenated alkanes) is 4. The average Bonchev–Trinajstić information content (AvgIpc) is 2.71. The first-order valence-electron chi connectivity index (χ1n) is 9.97. The Morgan fingerprint density at radius 1 is 0.759 bits per heavy atom. The number of fused-ring (bicyclic) bond motifs is 1. The zero-order valence-electron chi connectivity index (χ0n) is 16.4. The van der Waals surface area contributed by atoms with Crippen molar-refractivity contribution in [1.82, 2.24) is 0 Å². The molecule has 3 rings (SSSR count). The summed E-state index contributed by atoms with van der Waals surface area (Å²) in [5.74, 6) is -4.01. The fourth-order valence-electron chi connectivity index (χ4n) is 3.33. The lowest BCUT2D eigenvalue weighted by molar-refractivity contribution is 0.300. The average molecular weight is 404 g/mol. The number of benzene rings is 3. The van der Waals surface area contributed by atoms with Crippen LogP contribution in [0.5, 0.6) is 5.75 Å². The summed E-state index contributed by atoms with van der Waals surface area (Å²) >= 11 is 0. The molecule has 5 heteroatoms. The Balaban J connectivity index is 1.63. The Morgan fingerprint density at radius 2 is 1.55 bits per heavy atom. The van der Waals surface area contributed by atoms with E-state index < -0.39 is 17.5 Å². The molecule has 0 heterocycles. The molecule has 0 amide bonds. The summed E-state index contributed by atoms with van der Waals surface area (Å²) in [5.41, 5.74) is 1.36. The maximum absolute atomic E-state index is 14.4. The first kappa shape index (κ1) is 21.2. The third-order valence-electron chi connectivity index (χ3n) is 5.02. The SMILES string of the molecule is CCCCCCCc1ccc(COc2ccc3c(F)c(F)c(F)cc3c2)c(F)c1. The van der Waals surface area contributed by atoms with E-state index in [2.05, 4.69) is 6.92 Å². The Bertz CT molecular complexity index is 984. The number of halogens is 4. The summed E-state index contributed by atoms with van der Waals surface area (Å²) in [6.07, 6.45) is 6.67. The van der Waals surface area contributed by atoms with E-state index in [0.717, 1.165) is 30.9 Å². The molecule has 1 nitrogen and oxygen atoms in total. The van der Waals surface area contributed by atoms with Crippen LogP contribution in [0.3, 0.4) is 0 Å². The van der Waals surface area contributed by atoms with E-state index in [1.165, 1.54) is 43.5 Å². The van der Waals surface area contributed by atoms with Crippen molar-refractivity contribution in [3.63, 3.8) is 0 Å². The third-order valence-corrected chi connectivity index (χ3v) is 5.02. The fourth-order valence-corrected chi connectivity index (χ4v) is 3.33. The molecule has 29 heavy (non-hydrogen) atoms. The molecule has 0 atom stereocenters. The molecule has 0 aliphatic rings. The molecule has 0 aliphatic heterocycles. The predicted molar refractivity (Wildman–Crippen MR) is 107 cm³/mol. The van der Waals surface area contributed by atoms with Crippen molar-refractivity contribution in [2.24, 2.45) is 0 Å². The molecular formula is C24H24F4O. The van der Waals surface area contributed by atoms with Crippen molar-refractivity contribution >= 4 is 10.8 Å². The van der Waals surface area contributed by atoms with E-state index in [1.807, 2.05) is 6.07 Å². The van der Waals surface area contributed by atoms with Crippen LogP contribution in [0.25, 0.3) is 10.8 Å². The van der Waals surface area contributed by atoms with E-state index in [1.54, 1.807) is 6.07 Å². The van der Waals surface area contributed by atoms with Crippen LogP contribution in [0, 0.1) is 23.3 Å². The Labute approximate surface area is 168 Å². The summed E-state index contributed by atoms with van der Waals surface area (Å²) in [4.78, 5) is 0. The van der Waals surface area contributed by atoms with E-state index in [0.29, 0.717) is 11.3 Å². The third kappa shape index (κ3) is 5.28. The number of rotatable bonds is 9. The van der Waals surface area contributed by atoms with Crippen molar-refractivity contribution in [3.05, 3.63) is 76.9 Å². The molecule has 0 unspecified atom stereocenters. The molecule has 154 valence electrons. The molecule has 0 spiro atoms. The van der Waals surface area contributed by atoms with Gasteiger partial charge in [-0.15, -0.1) is 0 Å². The lowest BCUT2D eigenvalue weighted by Crippen LogP contribution is -2.00. The zero-order valence-corrected chi connectivity index (χ0v) is 16.4. The summed E-state index contributed by atoms with van der Waals surface area (Å²) in [7, 11) is 0. The molecule has 0 aromatic heterocycles. The summed E-state index contributed by atoms with van der Waals surface area (Å²) in [6, 6.07) is 10.2. The van der Waals surface area contributed by atoms with Crippen molar-refractivity contribution < 1.29 is 22.3 Å². The topological polar surface area (TPSA) is 9.23 Å². The first-order chi connectivity index (χ1) is 14.0. The molecule has 0 saturated heterocycles. The number of ether oxygens (including phenoxy) is 1. The van der Waals surface area contributed by atoms with Gasteiger partial charge in [0.1, 0.15) is 18.2 Å². The minimum atomic E-state index is -1.50. The molecule has 3 aromatic rings. The van der Waals surface area contributed by atoms with Crippen LogP contribution in [-0.2, 0) is 13.0 Å². The largest absolute Gasteiger partial charge is 0.489 e. The van der Waals surface area contributed by atoms with Gasteiger partial charge in [0.05, 0.1) is 0 Å². The van der Waals surface area contributed by atoms with Gasteiger partial charge >= 0.3 is 0 Å². The van der Waals surface area contributed by atoms with Crippen molar-refractivity contribution in [3.8, 4) is 5.75 Å². The highest BCUT2D eigenvalue weighted by atomic mass is 19.2. The van der Waals surface area contributed by atoms with Gasteiger partial charge in [0.2, 0.25) is 0 Å². The lowest BCUT2D eigenvalue weighted by atomic mass is 10.0. The molecule has 0 fully saturated rings. The van der Waals surface area contributed by atoms with Gasteiger partial charge in [-0.1, -0.05) is 44.7 Å². The standard InChI is InChI=1S/C24H24F4O/c1-2-3-4-5-6-7-16-8-9-17(21(25)12-16)15-29-19-10-11-20-18(13-19)14-22(26)24(28)23(20)27/h8-14H,2-7,15H2,1H3. The summed E-state index contributed by atoms with van der Waals surface area (Å²) in [6.45, 7) is 2.16. The van der Waals surface area contributed by atoms with Crippen LogP contribution in [0.1, 0.15) is 50.2 Å². The maximum Gasteiger partial charge on any atom is 0.195 e. The monoisotopic (exact) mass is 404 g/mol. The minimum absolute atomic E-state index is 0.0136. The highest BCUT2D eigenvalue weighted by Gasteiger charge is 2.14. The van der Waals surface area contributed by atoms with Crippen LogP contribution in [-0.4, -0.2) is 0 Å². The second-order valence-electron chi connectivity index (χ2n) is 7.25. The molecule has 0 radical (unpaired) electrons. The van der Waals surface area contributed by atoms with E-state index in [9.17, 15) is 17.6 Å². The second kappa shape index (κ2) is 9.77. The Kier molecular flexibility index (Phi) is 7.13. The smallest absolute Gasteiger partial charge is 0.195 e. The Hall–Kier alpha value is -2.56. The Morgan fingerprint density at radius 3 is 2.31 bits per heavy atom. The predicted octanol–water partition coefficient (Wildman–Crippen LogP) is 7.49. The summed E-state index contributed by atoms with van der Waals surface area (Å²) < 4.78 is 60.5. The van der Waals surface area contributed by atoms with Gasteiger partial charge in [-0.05, 0) is 54.1 Å². The first-order valence-corrected chi connectivity index (χ1v) is 9.97. The summed E-state index contributed by atoms with van der Waals surface area (Å²) in [5, 5.41) is 0.142. The maximum atomic E-state index is 14.4. The molecule has 0 aliphatic carbocycles. The van der Waals surface area contributed by atoms with Gasteiger partial charge in [-0.2, -0.15) is 0 Å². The van der Waals surface area contributed by atoms with Crippen LogP contribution in [0.2, 0.25) is 0 Å². The van der Waals surface area contributed by atoms with Crippen LogP contribution in [0.4, 0.5) is 17.6 Å². The second-order valence-corrected chi connectivity index (χ2v) is 7.25. The van der Waals surface area contributed by atoms with Gasteiger partial charge in [0.15, 0.2) is 17.5 Å². The number of hydrogen-bond acceptors (Lipinski definition) is 1. The van der Waals surface area contributed by atoms with Crippen LogP contribution >= 0.6 is 0 Å². The normalized spacial score (nSPS) is 11.2. The van der Waals surface area contributed by atoms with Gasteiger partial charge < -0.3 is 4.74 Å². The zero-order chi connectivity index (χ0) is 20.8. The van der Waals surface area contributed by atoms with Crippen molar-refractivity contribution in [2.45, 2.75) is 52.1 Å². The van der Waals surface area contributed by atoms with Gasteiger partial charge in [0, 0.05) is 10.9 Å². The van der Waals surface area contributed by atoms with E-state index in [-0.39, 0.29) is 23.2 Å². The number of hydrogen-bond donors (Lipinski definition) is 0. The number of aryl methyl sites for hydroxylation is 1. The molecule has 0 saturated carbocycles. The highest BCUT2D eigenvalue weighted by Crippen LogP contribution is 2.27. The van der Waals surface area contributed by atoms with Crippen molar-refractivity contribution in [1.29, 1.82) is 0 Å². The van der Waals surface area contributed by atoms with Gasteiger partial charge in [-0.3, -0.25) is 0 Å². The van der Waals surface area contributed by atoms with Crippen LogP contribution < -0.4 is 4.74 Å². The molecule has 0 bridgehead atoms. The van der Waals surface area contributed by atoms with Crippen molar-refractivity contribution in [2.75, 3.05) is 0 Å².